The molecular weight excluding hydrogens is 238 g/mol. The summed E-state index contributed by atoms with van der Waals surface area (Å²) in [5, 5.41) is 8.13. The lowest BCUT2D eigenvalue weighted by atomic mass is 10.1. The quantitative estimate of drug-likeness (QED) is 0.755. The number of nitrogens with zero attached hydrogens (tertiary/aromatic N) is 2. The van der Waals surface area contributed by atoms with Crippen molar-refractivity contribution in [1.82, 2.24) is 10.2 Å². The van der Waals surface area contributed by atoms with Crippen molar-refractivity contribution in [2.75, 3.05) is 4.72 Å². The van der Waals surface area contributed by atoms with Gasteiger partial charge in [-0.2, -0.15) is 0 Å². The largest absolute Gasteiger partial charge is 0.299 e. The molecule has 0 saturated carbocycles. The zero-order chi connectivity index (χ0) is 11.4. The van der Waals surface area contributed by atoms with Crippen LogP contribution in [0.15, 0.2) is 0 Å². The molecule has 1 unspecified atom stereocenters. The van der Waals surface area contributed by atoms with Gasteiger partial charge in [-0.3, -0.25) is 14.1 Å². The number of ketones is 1. The molecule has 0 radical (unpaired) electrons. The van der Waals surface area contributed by atoms with Gasteiger partial charge in [0, 0.05) is 5.92 Å². The molecule has 0 bridgehead atoms. The molecule has 2 N–H and O–H groups in total. The summed E-state index contributed by atoms with van der Waals surface area (Å²) in [6.07, 6.45) is 0.217. The summed E-state index contributed by atoms with van der Waals surface area (Å²) >= 11 is -1.05. The summed E-state index contributed by atoms with van der Waals surface area (Å²) in [4.78, 5) is 11.4. The van der Waals surface area contributed by atoms with Crippen LogP contribution < -0.4 is 4.72 Å². The Kier molecular flexibility index (Phi) is 4.30. The van der Waals surface area contributed by atoms with Gasteiger partial charge in [0.05, 0.1) is 6.42 Å². The number of hydrogen-bond donors (Lipinski definition) is 2. The fraction of sp³-hybridized carbons (Fsp3) is 0.571. The third-order valence-corrected chi connectivity index (χ3v) is 2.95. The highest BCUT2D eigenvalue weighted by Crippen LogP contribution is 2.17. The molecule has 84 valence electrons. The van der Waals surface area contributed by atoms with Crippen molar-refractivity contribution in [3.8, 4) is 0 Å². The van der Waals surface area contributed by atoms with Gasteiger partial charge in [-0.05, 0) is 0 Å². The van der Waals surface area contributed by atoms with Gasteiger partial charge in [0.25, 0.3) is 11.3 Å². The number of aromatic nitrogens is 2. The minimum absolute atomic E-state index is 0.0442. The molecule has 1 aromatic heterocycles. The molecule has 1 heterocycles. The molecule has 0 aliphatic rings. The lowest BCUT2D eigenvalue weighted by molar-refractivity contribution is -0.121. The second kappa shape index (κ2) is 5.29. The number of hydrogen-bond acceptors (Lipinski definition) is 5. The first-order valence-corrected chi connectivity index (χ1v) is 6.14. The highest BCUT2D eigenvalue weighted by atomic mass is 32.2. The van der Waals surface area contributed by atoms with Crippen LogP contribution in [0.3, 0.4) is 0 Å². The number of Topliss-reactive ketones (excluding diaryl/α,β-unsaturated/α-hetero) is 1. The van der Waals surface area contributed by atoms with E-state index in [1.54, 1.807) is 0 Å². The van der Waals surface area contributed by atoms with Crippen LogP contribution in [0, 0.1) is 5.92 Å². The van der Waals surface area contributed by atoms with Crippen molar-refractivity contribution in [2.45, 2.75) is 20.3 Å². The number of carbonyl (C=O) groups is 1. The summed E-state index contributed by atoms with van der Waals surface area (Å²) in [5.74, 6) is 0.0279. The molecule has 0 aromatic carbocycles. The second-order valence-corrected chi connectivity index (χ2v) is 4.91. The van der Waals surface area contributed by atoms with Gasteiger partial charge in [-0.25, -0.2) is 4.21 Å². The Bertz CT molecular complexity index is 377. The van der Waals surface area contributed by atoms with Crippen molar-refractivity contribution in [3.05, 3.63) is 5.01 Å². The fourth-order valence-corrected chi connectivity index (χ4v) is 1.97. The molecule has 0 saturated heterocycles. The van der Waals surface area contributed by atoms with E-state index in [9.17, 15) is 9.00 Å². The van der Waals surface area contributed by atoms with Gasteiger partial charge in [-0.1, -0.05) is 25.2 Å². The Hall–Kier alpha value is -0.860. The number of anilines is 1. The summed E-state index contributed by atoms with van der Waals surface area (Å²) in [6, 6.07) is 0. The molecule has 0 fully saturated rings. The Morgan fingerprint density at radius 2 is 2.27 bits per heavy atom. The zero-order valence-electron chi connectivity index (χ0n) is 8.26. The zero-order valence-corrected chi connectivity index (χ0v) is 9.89. The minimum Gasteiger partial charge on any atom is -0.299 e. The normalized spacial score (nSPS) is 12.8. The predicted octanol–water partition coefficient (Wildman–Crippen LogP) is 0.854. The second-order valence-electron chi connectivity index (χ2n) is 3.15. The van der Waals surface area contributed by atoms with Crippen molar-refractivity contribution in [2.24, 2.45) is 5.92 Å². The van der Waals surface area contributed by atoms with Crippen LogP contribution >= 0.6 is 11.3 Å². The SMILES string of the molecule is CC(C)C(=O)Cc1nnc(NS(=O)O)s1. The topological polar surface area (TPSA) is 92.2 Å². The predicted molar refractivity (Wildman–Crippen MR) is 57.9 cm³/mol. The fourth-order valence-electron chi connectivity index (χ4n) is 0.794. The first kappa shape index (κ1) is 12.2. The van der Waals surface area contributed by atoms with Crippen molar-refractivity contribution >= 4 is 33.5 Å². The maximum Gasteiger partial charge on any atom is 0.261 e. The van der Waals surface area contributed by atoms with Crippen molar-refractivity contribution in [1.29, 1.82) is 0 Å². The number of nitrogens with one attached hydrogen (secondary N) is 1. The molecule has 0 aliphatic heterocycles. The first-order valence-electron chi connectivity index (χ1n) is 4.21. The standard InChI is InChI=1S/C7H11N3O3S2/c1-4(2)5(11)3-6-8-9-7(14-6)10-15(12)13/h4H,3H2,1-2H3,(H,9,10)(H,12,13). The third-order valence-electron chi connectivity index (χ3n) is 1.61. The molecule has 8 heteroatoms. The van der Waals surface area contributed by atoms with Crippen LogP contribution in [0.1, 0.15) is 18.9 Å². The molecule has 0 amide bonds. The van der Waals surface area contributed by atoms with Gasteiger partial charge in [0.2, 0.25) is 5.13 Å². The van der Waals surface area contributed by atoms with Crippen LogP contribution in [-0.4, -0.2) is 24.7 Å². The van der Waals surface area contributed by atoms with Gasteiger partial charge < -0.3 is 0 Å². The number of carbonyl (C=O) groups excluding carboxylic acids is 1. The van der Waals surface area contributed by atoms with E-state index in [-0.39, 0.29) is 23.3 Å². The van der Waals surface area contributed by atoms with Crippen LogP contribution in [0.25, 0.3) is 0 Å². The molecule has 0 spiro atoms. The van der Waals surface area contributed by atoms with E-state index in [0.717, 1.165) is 11.3 Å². The Morgan fingerprint density at radius 3 is 2.80 bits per heavy atom. The van der Waals surface area contributed by atoms with Gasteiger partial charge >= 0.3 is 0 Å². The van der Waals surface area contributed by atoms with E-state index in [0.29, 0.717) is 5.01 Å². The van der Waals surface area contributed by atoms with E-state index in [1.807, 2.05) is 13.8 Å². The number of rotatable bonds is 5. The lowest BCUT2D eigenvalue weighted by Gasteiger charge is -1.99. The molecule has 6 nitrogen and oxygen atoms in total. The van der Waals surface area contributed by atoms with Gasteiger partial charge in [0.1, 0.15) is 10.8 Å². The smallest absolute Gasteiger partial charge is 0.261 e. The summed E-state index contributed by atoms with van der Waals surface area (Å²) in [6.45, 7) is 3.62. The van der Waals surface area contributed by atoms with E-state index in [1.165, 1.54) is 0 Å². The first-order chi connectivity index (χ1) is 6.99. The summed E-state index contributed by atoms with van der Waals surface area (Å²) in [7, 11) is 0. The minimum atomic E-state index is -2.15. The molecular formula is C7H11N3O3S2. The van der Waals surface area contributed by atoms with Crippen LogP contribution in [0.5, 0.6) is 0 Å². The molecule has 1 atom stereocenters. The molecule has 15 heavy (non-hydrogen) atoms. The van der Waals surface area contributed by atoms with E-state index >= 15 is 0 Å². The van der Waals surface area contributed by atoms with Crippen LogP contribution in [0.4, 0.5) is 5.13 Å². The Morgan fingerprint density at radius 1 is 1.60 bits per heavy atom. The van der Waals surface area contributed by atoms with Gasteiger partial charge in [-0.15, -0.1) is 10.2 Å². The average molecular weight is 249 g/mol. The summed E-state index contributed by atoms with van der Waals surface area (Å²) < 4.78 is 21.1. The Labute approximate surface area is 93.5 Å². The Balaban J connectivity index is 2.60. The van der Waals surface area contributed by atoms with Crippen molar-refractivity contribution < 1.29 is 13.6 Å². The molecule has 1 rings (SSSR count). The van der Waals surface area contributed by atoms with Crippen LogP contribution in [-0.2, 0) is 22.5 Å². The highest BCUT2D eigenvalue weighted by Gasteiger charge is 2.12. The van der Waals surface area contributed by atoms with E-state index in [4.69, 9.17) is 4.55 Å². The highest BCUT2D eigenvalue weighted by molar-refractivity contribution is 7.80. The lowest BCUT2D eigenvalue weighted by Crippen LogP contribution is -2.09. The maximum absolute atomic E-state index is 11.4. The van der Waals surface area contributed by atoms with E-state index < -0.39 is 11.3 Å². The maximum atomic E-state index is 11.4. The molecule has 1 aromatic rings. The third kappa shape index (κ3) is 4.02. The van der Waals surface area contributed by atoms with Gasteiger partial charge in [0.15, 0.2) is 0 Å². The summed E-state index contributed by atoms with van der Waals surface area (Å²) in [5.41, 5.74) is 0. The monoisotopic (exact) mass is 249 g/mol. The van der Waals surface area contributed by atoms with Crippen LogP contribution in [0.2, 0.25) is 0 Å². The molecule has 0 aliphatic carbocycles. The van der Waals surface area contributed by atoms with E-state index in [2.05, 4.69) is 14.9 Å². The van der Waals surface area contributed by atoms with Crippen molar-refractivity contribution in [3.63, 3.8) is 0 Å². The average Bonchev–Trinajstić information content (AvgIpc) is 2.51.